The lowest BCUT2D eigenvalue weighted by atomic mass is 10.2. The number of rotatable bonds is 8. The molecule has 3 heterocycles. The highest BCUT2D eigenvalue weighted by atomic mass is 16.5. The van der Waals surface area contributed by atoms with Crippen molar-refractivity contribution in [3.63, 3.8) is 0 Å². The summed E-state index contributed by atoms with van der Waals surface area (Å²) in [5, 5.41) is 4.09. The second-order valence-corrected chi connectivity index (χ2v) is 7.37. The SMILES string of the molecule is CN(CCN1CCN(Cc2noc(-c3ccoc3)n2)CC1)Cc1ccccc1. The third kappa shape index (κ3) is 5.07. The van der Waals surface area contributed by atoms with Crippen molar-refractivity contribution in [1.29, 1.82) is 0 Å². The molecule has 4 rings (SSSR count). The second-order valence-electron chi connectivity index (χ2n) is 7.37. The Hall–Kier alpha value is -2.48. The van der Waals surface area contributed by atoms with Crippen molar-refractivity contribution in [1.82, 2.24) is 24.8 Å². The van der Waals surface area contributed by atoms with Crippen LogP contribution in [0.25, 0.3) is 11.5 Å². The van der Waals surface area contributed by atoms with Crippen LogP contribution in [0.15, 0.2) is 57.9 Å². The Bertz CT molecular complexity index is 826. The molecule has 0 aliphatic carbocycles. The van der Waals surface area contributed by atoms with Gasteiger partial charge in [0, 0.05) is 45.8 Å². The van der Waals surface area contributed by atoms with E-state index < -0.39 is 0 Å². The molecule has 1 aliphatic rings. The van der Waals surface area contributed by atoms with Crippen LogP contribution in [-0.2, 0) is 13.1 Å². The normalized spacial score (nSPS) is 16.1. The maximum absolute atomic E-state index is 5.32. The predicted molar refractivity (Wildman–Crippen MR) is 106 cm³/mol. The van der Waals surface area contributed by atoms with Crippen LogP contribution in [0.2, 0.25) is 0 Å². The summed E-state index contributed by atoms with van der Waals surface area (Å²) in [6, 6.07) is 12.5. The molecule has 2 aromatic heterocycles. The first-order valence-corrected chi connectivity index (χ1v) is 9.78. The van der Waals surface area contributed by atoms with E-state index in [0.717, 1.165) is 63.7 Å². The first-order chi connectivity index (χ1) is 13.8. The molecule has 0 spiro atoms. The lowest BCUT2D eigenvalue weighted by Gasteiger charge is -2.34. The summed E-state index contributed by atoms with van der Waals surface area (Å²) in [6.45, 7) is 8.10. The molecule has 1 fully saturated rings. The van der Waals surface area contributed by atoms with Crippen LogP contribution >= 0.6 is 0 Å². The summed E-state index contributed by atoms with van der Waals surface area (Å²) in [7, 11) is 2.19. The van der Waals surface area contributed by atoms with E-state index in [1.807, 2.05) is 6.07 Å². The molecule has 1 aliphatic heterocycles. The van der Waals surface area contributed by atoms with E-state index in [1.54, 1.807) is 12.5 Å². The third-order valence-electron chi connectivity index (χ3n) is 5.16. The molecule has 0 radical (unpaired) electrons. The van der Waals surface area contributed by atoms with Gasteiger partial charge in [-0.05, 0) is 18.7 Å². The minimum absolute atomic E-state index is 0.517. The maximum atomic E-state index is 5.32. The Morgan fingerprint density at radius 2 is 1.82 bits per heavy atom. The van der Waals surface area contributed by atoms with Crippen molar-refractivity contribution >= 4 is 0 Å². The van der Waals surface area contributed by atoms with Crippen LogP contribution in [0.4, 0.5) is 0 Å². The summed E-state index contributed by atoms with van der Waals surface area (Å²) < 4.78 is 10.4. The quantitative estimate of drug-likeness (QED) is 0.594. The zero-order chi connectivity index (χ0) is 19.2. The summed E-state index contributed by atoms with van der Waals surface area (Å²) in [6.07, 6.45) is 3.22. The fraction of sp³-hybridized carbons (Fsp3) is 0.429. The van der Waals surface area contributed by atoms with Crippen LogP contribution in [0, 0.1) is 0 Å². The number of benzene rings is 1. The Labute approximate surface area is 165 Å². The zero-order valence-corrected chi connectivity index (χ0v) is 16.3. The van der Waals surface area contributed by atoms with Gasteiger partial charge < -0.3 is 13.8 Å². The first kappa shape index (κ1) is 18.9. The van der Waals surface area contributed by atoms with Gasteiger partial charge in [0.25, 0.3) is 5.89 Å². The molecule has 7 heteroatoms. The Morgan fingerprint density at radius 1 is 1.04 bits per heavy atom. The minimum atomic E-state index is 0.517. The van der Waals surface area contributed by atoms with Gasteiger partial charge in [0.15, 0.2) is 5.82 Å². The molecule has 148 valence electrons. The van der Waals surface area contributed by atoms with Crippen molar-refractivity contribution < 1.29 is 8.94 Å². The average Bonchev–Trinajstić information content (AvgIpc) is 3.40. The van der Waals surface area contributed by atoms with E-state index >= 15 is 0 Å². The highest BCUT2D eigenvalue weighted by Crippen LogP contribution is 2.17. The van der Waals surface area contributed by atoms with Gasteiger partial charge in [-0.25, -0.2) is 0 Å². The number of hydrogen-bond donors (Lipinski definition) is 0. The number of likely N-dealkylation sites (N-methyl/N-ethyl adjacent to an activating group) is 1. The molecule has 1 aromatic carbocycles. The summed E-state index contributed by atoms with van der Waals surface area (Å²) >= 11 is 0. The number of aromatic nitrogens is 2. The van der Waals surface area contributed by atoms with Crippen molar-refractivity contribution in [2.45, 2.75) is 13.1 Å². The van der Waals surface area contributed by atoms with Crippen LogP contribution in [0.3, 0.4) is 0 Å². The lowest BCUT2D eigenvalue weighted by molar-refractivity contribution is 0.114. The van der Waals surface area contributed by atoms with Crippen LogP contribution in [-0.4, -0.2) is 71.2 Å². The third-order valence-corrected chi connectivity index (χ3v) is 5.16. The van der Waals surface area contributed by atoms with Crippen molar-refractivity contribution in [2.75, 3.05) is 46.3 Å². The standard InChI is InChI=1S/C21H27N5O2/c1-24(15-18-5-3-2-4-6-18)8-9-25-10-12-26(13-11-25)16-20-22-21(28-23-20)19-7-14-27-17-19/h2-7,14,17H,8-13,15-16H2,1H3. The monoisotopic (exact) mass is 381 g/mol. The number of piperazine rings is 1. The van der Waals surface area contributed by atoms with Crippen molar-refractivity contribution in [3.05, 3.63) is 60.3 Å². The summed E-state index contributed by atoms with van der Waals surface area (Å²) in [5.41, 5.74) is 2.19. The van der Waals surface area contributed by atoms with E-state index in [-0.39, 0.29) is 0 Å². The molecule has 7 nitrogen and oxygen atoms in total. The molecular formula is C21H27N5O2. The molecule has 0 amide bonds. The van der Waals surface area contributed by atoms with Gasteiger partial charge in [-0.15, -0.1) is 0 Å². The van der Waals surface area contributed by atoms with Gasteiger partial charge in [0.2, 0.25) is 0 Å². The fourth-order valence-electron chi connectivity index (χ4n) is 3.48. The number of nitrogens with zero attached hydrogens (tertiary/aromatic N) is 5. The molecule has 0 N–H and O–H groups in total. The first-order valence-electron chi connectivity index (χ1n) is 9.78. The summed E-state index contributed by atoms with van der Waals surface area (Å²) in [5.74, 6) is 1.25. The van der Waals surface area contributed by atoms with Gasteiger partial charge in [0.1, 0.15) is 6.26 Å². The largest absolute Gasteiger partial charge is 0.472 e. The molecule has 0 bridgehead atoms. The molecule has 3 aromatic rings. The molecule has 1 saturated heterocycles. The molecular weight excluding hydrogens is 354 g/mol. The van der Waals surface area contributed by atoms with Gasteiger partial charge in [-0.1, -0.05) is 35.5 Å². The van der Waals surface area contributed by atoms with Gasteiger partial charge >= 0.3 is 0 Å². The highest BCUT2D eigenvalue weighted by Gasteiger charge is 2.19. The Balaban J connectivity index is 1.17. The topological polar surface area (TPSA) is 61.8 Å². The van der Waals surface area contributed by atoms with E-state index in [2.05, 4.69) is 62.2 Å². The minimum Gasteiger partial charge on any atom is -0.472 e. The highest BCUT2D eigenvalue weighted by molar-refractivity contribution is 5.49. The number of hydrogen-bond acceptors (Lipinski definition) is 7. The molecule has 0 unspecified atom stereocenters. The zero-order valence-electron chi connectivity index (χ0n) is 16.3. The van der Waals surface area contributed by atoms with E-state index in [4.69, 9.17) is 8.94 Å². The van der Waals surface area contributed by atoms with Crippen LogP contribution < -0.4 is 0 Å². The summed E-state index contributed by atoms with van der Waals surface area (Å²) in [4.78, 5) is 11.8. The van der Waals surface area contributed by atoms with E-state index in [9.17, 15) is 0 Å². The molecule has 28 heavy (non-hydrogen) atoms. The maximum Gasteiger partial charge on any atom is 0.261 e. The second kappa shape index (κ2) is 9.14. The van der Waals surface area contributed by atoms with Gasteiger partial charge in [0.05, 0.1) is 18.4 Å². The molecule has 0 atom stereocenters. The fourth-order valence-corrected chi connectivity index (χ4v) is 3.48. The van der Waals surface area contributed by atoms with Crippen molar-refractivity contribution in [2.24, 2.45) is 0 Å². The smallest absolute Gasteiger partial charge is 0.261 e. The Morgan fingerprint density at radius 3 is 2.57 bits per heavy atom. The van der Waals surface area contributed by atoms with Gasteiger partial charge in [-0.3, -0.25) is 9.80 Å². The van der Waals surface area contributed by atoms with Gasteiger partial charge in [-0.2, -0.15) is 4.98 Å². The Kier molecular flexibility index (Phi) is 6.16. The van der Waals surface area contributed by atoms with E-state index in [1.165, 1.54) is 5.56 Å². The lowest BCUT2D eigenvalue weighted by Crippen LogP contribution is -2.47. The van der Waals surface area contributed by atoms with E-state index in [0.29, 0.717) is 5.89 Å². The van der Waals surface area contributed by atoms with Crippen molar-refractivity contribution in [3.8, 4) is 11.5 Å². The van der Waals surface area contributed by atoms with Crippen LogP contribution in [0.5, 0.6) is 0 Å². The predicted octanol–water partition coefficient (Wildman–Crippen LogP) is 2.58. The average molecular weight is 381 g/mol. The number of furan rings is 1. The van der Waals surface area contributed by atoms with Crippen LogP contribution in [0.1, 0.15) is 11.4 Å². The molecule has 0 saturated carbocycles.